The minimum Gasteiger partial charge on any atom is -0.488 e. The average molecular weight is 1190 g/mol. The summed E-state index contributed by atoms with van der Waals surface area (Å²) in [6.45, 7) is 26.4. The van der Waals surface area contributed by atoms with Crippen molar-refractivity contribution < 1.29 is 38.6 Å². The van der Waals surface area contributed by atoms with Crippen LogP contribution in [0, 0.1) is 40.5 Å². The molecule has 0 saturated heterocycles. The van der Waals surface area contributed by atoms with Gasteiger partial charge in [0.05, 0.1) is 19.7 Å². The molecule has 0 unspecified atom stereocenters. The zero-order valence-electron chi connectivity index (χ0n) is 52.2. The summed E-state index contributed by atoms with van der Waals surface area (Å²) in [6, 6.07) is 43.0. The van der Waals surface area contributed by atoms with E-state index in [0.717, 1.165) is 89.0 Å². The number of nitrogens with zero attached hydrogens (tertiary/aromatic N) is 4. The van der Waals surface area contributed by atoms with E-state index < -0.39 is 19.7 Å². The monoisotopic (exact) mass is 1190 g/mol. The molecule has 0 saturated carbocycles. The Morgan fingerprint density at radius 2 is 0.432 bits per heavy atom. The van der Waals surface area contributed by atoms with Gasteiger partial charge in [-0.1, -0.05) is 132 Å². The number of nitro benzene ring substituents is 4. The lowest BCUT2D eigenvalue weighted by molar-refractivity contribution is -0.385. The Labute approximate surface area is 514 Å². The lowest BCUT2D eigenvalue weighted by Gasteiger charge is -2.29. The van der Waals surface area contributed by atoms with E-state index in [9.17, 15) is 40.5 Å². The maximum atomic E-state index is 11.8. The maximum Gasteiger partial charge on any atom is 0.269 e. The van der Waals surface area contributed by atoms with Crippen molar-refractivity contribution in [1.29, 1.82) is 0 Å². The highest BCUT2D eigenvalue weighted by molar-refractivity contribution is 5.60. The molecule has 456 valence electrons. The molecule has 16 nitrogen and oxygen atoms in total. The van der Waals surface area contributed by atoms with Gasteiger partial charge in [-0.2, -0.15) is 0 Å². The van der Waals surface area contributed by atoms with Gasteiger partial charge in [-0.05, 0) is 159 Å². The van der Waals surface area contributed by atoms with Crippen LogP contribution in [-0.4, -0.2) is 19.7 Å². The van der Waals surface area contributed by atoms with Crippen molar-refractivity contribution in [1.82, 2.24) is 0 Å². The molecule has 88 heavy (non-hydrogen) atoms. The number of nitro groups is 4. The summed E-state index contributed by atoms with van der Waals surface area (Å²) in [4.78, 5) is 45.6. The second kappa shape index (κ2) is 25.1. The van der Waals surface area contributed by atoms with Gasteiger partial charge in [-0.25, -0.2) is 0 Å². The number of hydrogen-bond acceptors (Lipinski definition) is 12. The standard InChI is InChI=1S/C72H76N4O12/c1-69(2,3)57-33-49-29-51-35-58(70(4,5)6)37-53(66(51)86-42-46-15-23-62(24-16-46)74(79)80)31-55-39-60(72(10,11)12)40-56(68(55)88-44-48-19-27-64(28-20-48)76(83)84)32-54-38-59(71(7,8)9)36-52(67(54)87-43-47-17-25-63(26-18-47)75(81)82)30-50(34-57)65(49)85-41-45-13-21-61(22-14-45)73(77)78/h13-28,33-40H,29-32,41-44H2,1-12H3. The second-order valence-corrected chi connectivity index (χ2v) is 27.1. The normalized spacial score (nSPS) is 12.7. The molecule has 0 aromatic heterocycles. The highest BCUT2D eigenvalue weighted by Crippen LogP contribution is 2.45. The molecule has 8 bridgehead atoms. The van der Waals surface area contributed by atoms with Gasteiger partial charge in [-0.3, -0.25) is 40.5 Å². The van der Waals surface area contributed by atoms with E-state index in [1.165, 1.54) is 48.5 Å². The van der Waals surface area contributed by atoms with E-state index in [2.05, 4.69) is 132 Å². The lowest BCUT2D eigenvalue weighted by atomic mass is 9.79. The molecule has 0 atom stereocenters. The Morgan fingerprint density at radius 1 is 0.284 bits per heavy atom. The number of ether oxygens (including phenoxy) is 4. The van der Waals surface area contributed by atoms with Crippen molar-refractivity contribution in [2.45, 2.75) is 157 Å². The van der Waals surface area contributed by atoms with Crippen LogP contribution in [0.5, 0.6) is 23.0 Å². The van der Waals surface area contributed by atoms with Crippen molar-refractivity contribution in [3.63, 3.8) is 0 Å². The second-order valence-electron chi connectivity index (χ2n) is 27.1. The fourth-order valence-electron chi connectivity index (χ4n) is 10.8. The largest absolute Gasteiger partial charge is 0.488 e. The molecular weight excluding hydrogens is 1110 g/mol. The molecule has 0 fully saturated rings. The number of hydrogen-bond donors (Lipinski definition) is 0. The summed E-state index contributed by atoms with van der Waals surface area (Å²) in [5.74, 6) is 2.48. The Bertz CT molecular complexity index is 3330. The van der Waals surface area contributed by atoms with Gasteiger partial charge >= 0.3 is 0 Å². The van der Waals surface area contributed by atoms with Crippen molar-refractivity contribution in [3.05, 3.63) is 275 Å². The van der Waals surface area contributed by atoms with E-state index >= 15 is 0 Å². The topological polar surface area (TPSA) is 209 Å². The molecule has 0 heterocycles. The van der Waals surface area contributed by atoms with Gasteiger partial charge in [0.1, 0.15) is 49.4 Å². The Hall–Kier alpha value is -9.44. The van der Waals surface area contributed by atoms with Crippen LogP contribution in [0.1, 0.15) is 172 Å². The van der Waals surface area contributed by atoms with Crippen LogP contribution in [0.4, 0.5) is 22.7 Å². The minimum atomic E-state index is -0.427. The first-order valence-corrected chi connectivity index (χ1v) is 29.5. The third-order valence-electron chi connectivity index (χ3n) is 16.1. The minimum absolute atomic E-state index is 0.0386. The fraction of sp³-hybridized carbons (Fsp3) is 0.333. The van der Waals surface area contributed by atoms with Crippen LogP contribution in [-0.2, 0) is 73.8 Å². The molecule has 0 radical (unpaired) electrons. The third kappa shape index (κ3) is 15.0. The van der Waals surface area contributed by atoms with E-state index in [0.29, 0.717) is 48.7 Å². The van der Waals surface area contributed by atoms with Gasteiger partial charge in [-0.15, -0.1) is 0 Å². The summed E-state index contributed by atoms with van der Waals surface area (Å²) < 4.78 is 28.7. The predicted molar refractivity (Wildman–Crippen MR) is 342 cm³/mol. The van der Waals surface area contributed by atoms with Crippen LogP contribution < -0.4 is 18.9 Å². The molecule has 9 rings (SSSR count). The summed E-state index contributed by atoms with van der Waals surface area (Å²) in [5.41, 5.74) is 12.3. The molecular formula is C72H76N4O12. The van der Waals surface area contributed by atoms with Crippen LogP contribution in [0.3, 0.4) is 0 Å². The van der Waals surface area contributed by atoms with E-state index in [1.54, 1.807) is 48.5 Å². The van der Waals surface area contributed by atoms with Gasteiger partial charge in [0.25, 0.3) is 22.7 Å². The van der Waals surface area contributed by atoms with Gasteiger partial charge in [0.15, 0.2) is 0 Å². The van der Waals surface area contributed by atoms with Gasteiger partial charge < -0.3 is 18.9 Å². The zero-order chi connectivity index (χ0) is 63.6. The van der Waals surface area contributed by atoms with E-state index in [4.69, 9.17) is 18.9 Å². The molecule has 1 aliphatic rings. The van der Waals surface area contributed by atoms with Crippen LogP contribution in [0.25, 0.3) is 0 Å². The average Bonchev–Trinajstić information content (AvgIpc) is 2.12. The molecule has 0 spiro atoms. The maximum absolute atomic E-state index is 11.8. The Morgan fingerprint density at radius 3 is 0.557 bits per heavy atom. The number of non-ortho nitro benzene ring substituents is 4. The third-order valence-corrected chi connectivity index (χ3v) is 16.1. The number of rotatable bonds is 16. The van der Waals surface area contributed by atoms with Crippen LogP contribution in [0.2, 0.25) is 0 Å². The van der Waals surface area contributed by atoms with Crippen molar-refractivity contribution >= 4 is 22.7 Å². The summed E-state index contributed by atoms with van der Waals surface area (Å²) >= 11 is 0. The quantitative estimate of drug-likeness (QED) is 0.0653. The van der Waals surface area contributed by atoms with Crippen molar-refractivity contribution in [3.8, 4) is 23.0 Å². The van der Waals surface area contributed by atoms with Gasteiger partial charge in [0, 0.05) is 74.2 Å². The molecule has 0 N–H and O–H groups in total. The summed E-state index contributed by atoms with van der Waals surface area (Å²) in [5, 5.41) is 47.3. The smallest absolute Gasteiger partial charge is 0.269 e. The Kier molecular flexibility index (Phi) is 18.0. The Balaban J connectivity index is 1.37. The predicted octanol–water partition coefficient (Wildman–Crippen LogP) is 17.5. The van der Waals surface area contributed by atoms with Crippen LogP contribution in [0.15, 0.2) is 146 Å². The number of benzene rings is 8. The first-order chi connectivity index (χ1) is 41.4. The molecule has 8 aromatic carbocycles. The first kappa shape index (κ1) is 63.1. The molecule has 8 aromatic rings. The fourth-order valence-corrected chi connectivity index (χ4v) is 10.8. The van der Waals surface area contributed by atoms with Crippen molar-refractivity contribution in [2.24, 2.45) is 0 Å². The SMILES string of the molecule is CC(C)(C)c1cc2c(OCc3ccc([N+](=O)[O-])cc3)c(c1)Cc1cc(C(C)(C)C)cc(c1OCc1ccc([N+](=O)[O-])cc1)Cc1cc(C(C)(C)C)cc(c1OCc1ccc([N+](=O)[O-])cc1)Cc1cc(C(C)(C)C)cc(c1OCc1ccc([N+](=O)[O-])cc1)C2. The molecule has 16 heteroatoms. The van der Waals surface area contributed by atoms with E-state index in [-0.39, 0.29) is 70.8 Å². The summed E-state index contributed by atoms with van der Waals surface area (Å²) in [6.07, 6.45) is 1.25. The lowest BCUT2D eigenvalue weighted by Crippen LogP contribution is -2.17. The highest BCUT2D eigenvalue weighted by Gasteiger charge is 2.30. The molecule has 1 aliphatic carbocycles. The van der Waals surface area contributed by atoms with Crippen LogP contribution >= 0.6 is 0 Å². The highest BCUT2D eigenvalue weighted by atomic mass is 16.6. The van der Waals surface area contributed by atoms with Gasteiger partial charge in [0.2, 0.25) is 0 Å². The zero-order valence-corrected chi connectivity index (χ0v) is 52.2. The first-order valence-electron chi connectivity index (χ1n) is 29.5. The molecule has 0 aliphatic heterocycles. The van der Waals surface area contributed by atoms with Crippen molar-refractivity contribution in [2.75, 3.05) is 0 Å². The summed E-state index contributed by atoms with van der Waals surface area (Å²) in [7, 11) is 0. The van der Waals surface area contributed by atoms with E-state index in [1.807, 2.05) is 0 Å². The molecule has 0 amide bonds. The number of fused-ring (bicyclic) bond motifs is 8.